The highest BCUT2D eigenvalue weighted by Gasteiger charge is 2.32. The molecule has 2 aromatic rings. The maximum atomic E-state index is 12.3. The molecule has 0 saturated heterocycles. The molecule has 1 heterocycles. The molecule has 0 spiro atoms. The number of para-hydroxylation sites is 2. The van der Waals surface area contributed by atoms with Gasteiger partial charge in [-0.1, -0.05) is 12.1 Å². The van der Waals surface area contributed by atoms with Crippen molar-refractivity contribution in [3.05, 3.63) is 48.4 Å². The number of anilines is 1. The van der Waals surface area contributed by atoms with Crippen LogP contribution in [0, 0.1) is 0 Å². The Morgan fingerprint density at radius 3 is 2.62 bits per heavy atom. The Kier molecular flexibility index (Phi) is 4.77. The van der Waals surface area contributed by atoms with E-state index in [1.54, 1.807) is 24.5 Å². The number of rotatable bonds is 6. The molecule has 1 unspecified atom stereocenters. The Bertz CT molecular complexity index is 552. The van der Waals surface area contributed by atoms with Crippen molar-refractivity contribution < 1.29 is 22.3 Å². The average molecular weight is 299 g/mol. The van der Waals surface area contributed by atoms with Gasteiger partial charge in [0, 0.05) is 12.5 Å². The molecule has 0 saturated carbocycles. The van der Waals surface area contributed by atoms with Crippen molar-refractivity contribution in [1.82, 2.24) is 0 Å². The number of aryl methyl sites for hydroxylation is 1. The van der Waals surface area contributed by atoms with Crippen molar-refractivity contribution in [2.45, 2.75) is 32.2 Å². The van der Waals surface area contributed by atoms with E-state index in [9.17, 15) is 13.2 Å². The van der Waals surface area contributed by atoms with Gasteiger partial charge in [0.25, 0.3) is 0 Å². The third kappa shape index (κ3) is 5.06. The van der Waals surface area contributed by atoms with E-state index in [1.807, 2.05) is 13.0 Å². The summed E-state index contributed by atoms with van der Waals surface area (Å²) in [5, 5.41) is 3.03. The van der Waals surface area contributed by atoms with Gasteiger partial charge in [0.15, 0.2) is 5.75 Å². The van der Waals surface area contributed by atoms with Crippen molar-refractivity contribution in [3.63, 3.8) is 0 Å². The van der Waals surface area contributed by atoms with Crippen molar-refractivity contribution in [2.24, 2.45) is 0 Å². The van der Waals surface area contributed by atoms with Crippen molar-refractivity contribution in [2.75, 3.05) is 5.32 Å². The zero-order valence-electron chi connectivity index (χ0n) is 11.5. The first-order valence-corrected chi connectivity index (χ1v) is 6.58. The number of ether oxygens (including phenoxy) is 1. The SMILES string of the molecule is CC(CCc1ccco1)Nc1ccccc1OC(F)(F)F. The normalized spacial score (nSPS) is 13.0. The van der Waals surface area contributed by atoms with Crippen LogP contribution in [0.5, 0.6) is 5.75 Å². The fourth-order valence-electron chi connectivity index (χ4n) is 1.95. The van der Waals surface area contributed by atoms with E-state index in [1.165, 1.54) is 12.1 Å². The van der Waals surface area contributed by atoms with Crippen LogP contribution in [0.2, 0.25) is 0 Å². The standard InChI is InChI=1S/C15H16F3NO2/c1-11(8-9-12-5-4-10-20-12)19-13-6-2-3-7-14(13)21-15(16,17)18/h2-7,10-11,19H,8-9H2,1H3. The second kappa shape index (κ2) is 6.56. The summed E-state index contributed by atoms with van der Waals surface area (Å²) in [6, 6.07) is 9.66. The van der Waals surface area contributed by atoms with Crippen LogP contribution in [-0.2, 0) is 6.42 Å². The maximum Gasteiger partial charge on any atom is 0.573 e. The molecule has 0 bridgehead atoms. The molecule has 1 N–H and O–H groups in total. The van der Waals surface area contributed by atoms with Crippen molar-refractivity contribution in [3.8, 4) is 5.75 Å². The fourth-order valence-corrected chi connectivity index (χ4v) is 1.95. The van der Waals surface area contributed by atoms with Gasteiger partial charge in [0.2, 0.25) is 0 Å². The van der Waals surface area contributed by atoms with Crippen LogP contribution in [0.25, 0.3) is 0 Å². The molecule has 1 aromatic carbocycles. The molecule has 1 aromatic heterocycles. The molecule has 0 aliphatic rings. The van der Waals surface area contributed by atoms with Gasteiger partial charge in [-0.05, 0) is 37.6 Å². The largest absolute Gasteiger partial charge is 0.573 e. The summed E-state index contributed by atoms with van der Waals surface area (Å²) in [5.41, 5.74) is 0.321. The van der Waals surface area contributed by atoms with Gasteiger partial charge in [0.1, 0.15) is 5.76 Å². The lowest BCUT2D eigenvalue weighted by molar-refractivity contribution is -0.274. The molecular formula is C15H16F3NO2. The molecule has 0 radical (unpaired) electrons. The van der Waals surface area contributed by atoms with Crippen molar-refractivity contribution >= 4 is 5.69 Å². The van der Waals surface area contributed by atoms with E-state index in [0.717, 1.165) is 12.2 Å². The van der Waals surface area contributed by atoms with Crippen molar-refractivity contribution in [1.29, 1.82) is 0 Å². The summed E-state index contributed by atoms with van der Waals surface area (Å²) in [6.07, 6.45) is -1.66. The Morgan fingerprint density at radius 2 is 1.95 bits per heavy atom. The molecule has 1 atom stereocenters. The van der Waals surface area contributed by atoms with Crippen LogP contribution < -0.4 is 10.1 Å². The van der Waals surface area contributed by atoms with Gasteiger partial charge in [0.05, 0.1) is 12.0 Å². The zero-order valence-corrected chi connectivity index (χ0v) is 11.5. The van der Waals surface area contributed by atoms with Gasteiger partial charge in [-0.25, -0.2) is 0 Å². The second-order valence-electron chi connectivity index (χ2n) is 4.71. The predicted octanol–water partition coefficient (Wildman–Crippen LogP) is 4.61. The zero-order chi connectivity index (χ0) is 15.3. The highest BCUT2D eigenvalue weighted by atomic mass is 19.4. The summed E-state index contributed by atoms with van der Waals surface area (Å²) in [4.78, 5) is 0. The summed E-state index contributed by atoms with van der Waals surface area (Å²) in [6.45, 7) is 1.90. The number of halogens is 3. The van der Waals surface area contributed by atoms with Gasteiger partial charge in [-0.3, -0.25) is 0 Å². The van der Waals surface area contributed by atoms with Crippen LogP contribution in [0.15, 0.2) is 47.1 Å². The minimum atomic E-state index is -4.70. The summed E-state index contributed by atoms with van der Waals surface area (Å²) >= 11 is 0. The van der Waals surface area contributed by atoms with Gasteiger partial charge < -0.3 is 14.5 Å². The van der Waals surface area contributed by atoms with Crippen LogP contribution in [-0.4, -0.2) is 12.4 Å². The summed E-state index contributed by atoms with van der Waals surface area (Å²) < 4.78 is 46.2. The lowest BCUT2D eigenvalue weighted by atomic mass is 10.1. The minimum Gasteiger partial charge on any atom is -0.469 e. The van der Waals surface area contributed by atoms with E-state index in [4.69, 9.17) is 4.42 Å². The Labute approximate surface area is 120 Å². The lowest BCUT2D eigenvalue weighted by Gasteiger charge is -2.18. The number of hydrogen-bond donors (Lipinski definition) is 1. The first-order valence-electron chi connectivity index (χ1n) is 6.58. The molecule has 6 heteroatoms. The van der Waals surface area contributed by atoms with Gasteiger partial charge >= 0.3 is 6.36 Å². The van der Waals surface area contributed by atoms with Crippen LogP contribution in [0.3, 0.4) is 0 Å². The van der Waals surface area contributed by atoms with Crippen LogP contribution >= 0.6 is 0 Å². The number of furan rings is 1. The highest BCUT2D eigenvalue weighted by Crippen LogP contribution is 2.30. The molecule has 0 aliphatic heterocycles. The quantitative estimate of drug-likeness (QED) is 0.845. The lowest BCUT2D eigenvalue weighted by Crippen LogP contribution is -2.20. The molecule has 0 aliphatic carbocycles. The maximum absolute atomic E-state index is 12.3. The van der Waals surface area contributed by atoms with Gasteiger partial charge in [-0.2, -0.15) is 0 Å². The van der Waals surface area contributed by atoms with Crippen LogP contribution in [0.4, 0.5) is 18.9 Å². The molecule has 114 valence electrons. The Morgan fingerprint density at radius 1 is 1.19 bits per heavy atom. The van der Waals surface area contributed by atoms with E-state index in [0.29, 0.717) is 12.1 Å². The Hall–Kier alpha value is -2.11. The monoisotopic (exact) mass is 299 g/mol. The van der Waals surface area contributed by atoms with E-state index in [-0.39, 0.29) is 11.8 Å². The Balaban J connectivity index is 1.95. The predicted molar refractivity (Wildman–Crippen MR) is 73.2 cm³/mol. The average Bonchev–Trinajstić information content (AvgIpc) is 2.90. The van der Waals surface area contributed by atoms with Gasteiger partial charge in [-0.15, -0.1) is 13.2 Å². The topological polar surface area (TPSA) is 34.4 Å². The number of nitrogens with one attached hydrogen (secondary N) is 1. The molecular weight excluding hydrogens is 283 g/mol. The molecule has 2 rings (SSSR count). The third-order valence-electron chi connectivity index (χ3n) is 2.92. The van der Waals surface area contributed by atoms with E-state index < -0.39 is 6.36 Å². The summed E-state index contributed by atoms with van der Waals surface area (Å²) in [7, 11) is 0. The fraction of sp³-hybridized carbons (Fsp3) is 0.333. The molecule has 3 nitrogen and oxygen atoms in total. The number of alkyl halides is 3. The third-order valence-corrected chi connectivity index (χ3v) is 2.92. The molecule has 0 fully saturated rings. The molecule has 21 heavy (non-hydrogen) atoms. The highest BCUT2D eigenvalue weighted by molar-refractivity contribution is 5.56. The minimum absolute atomic E-state index is 0.0203. The van der Waals surface area contributed by atoms with E-state index >= 15 is 0 Å². The summed E-state index contributed by atoms with van der Waals surface area (Å²) in [5.74, 6) is 0.623. The molecule has 0 amide bonds. The van der Waals surface area contributed by atoms with E-state index in [2.05, 4.69) is 10.1 Å². The first-order chi connectivity index (χ1) is 9.94. The smallest absolute Gasteiger partial charge is 0.469 e. The number of hydrogen-bond acceptors (Lipinski definition) is 3. The second-order valence-corrected chi connectivity index (χ2v) is 4.71. The first kappa shape index (κ1) is 15.3. The van der Waals surface area contributed by atoms with Crippen LogP contribution in [0.1, 0.15) is 19.1 Å². The number of benzene rings is 1.